The van der Waals surface area contributed by atoms with E-state index < -0.39 is 20.0 Å². The van der Waals surface area contributed by atoms with Gasteiger partial charge >= 0.3 is 0 Å². The van der Waals surface area contributed by atoms with Crippen LogP contribution in [0.2, 0.25) is 0 Å². The lowest BCUT2D eigenvalue weighted by Crippen LogP contribution is -2.57. The summed E-state index contributed by atoms with van der Waals surface area (Å²) < 4.78 is 54.0. The molecule has 0 radical (unpaired) electrons. The molecule has 2 atom stereocenters. The predicted molar refractivity (Wildman–Crippen MR) is 90.6 cm³/mol. The van der Waals surface area contributed by atoms with E-state index in [4.69, 9.17) is 0 Å². The Bertz CT molecular complexity index is 802. The van der Waals surface area contributed by atoms with Gasteiger partial charge < -0.3 is 5.32 Å². The van der Waals surface area contributed by atoms with Gasteiger partial charge in [-0.15, -0.1) is 0 Å². The number of rotatable bonds is 5. The summed E-state index contributed by atoms with van der Waals surface area (Å²) in [5.74, 6) is 0. The maximum atomic E-state index is 12.8. The molecule has 1 aliphatic carbocycles. The van der Waals surface area contributed by atoms with E-state index in [-0.39, 0.29) is 27.9 Å². The predicted octanol–water partition coefficient (Wildman–Crippen LogP) is 0.498. The Kier molecular flexibility index (Phi) is 4.73. The number of sulfonamides is 2. The van der Waals surface area contributed by atoms with Gasteiger partial charge in [0.15, 0.2) is 0 Å². The fourth-order valence-corrected chi connectivity index (χ4v) is 5.79. The first kappa shape index (κ1) is 17.8. The molecule has 1 aromatic rings. The number of hydrogen-bond donors (Lipinski definition) is 2. The second-order valence-corrected chi connectivity index (χ2v) is 10.1. The summed E-state index contributed by atoms with van der Waals surface area (Å²) in [6, 6.07) is 5.37. The number of nitrogens with one attached hydrogen (secondary N) is 2. The summed E-state index contributed by atoms with van der Waals surface area (Å²) in [4.78, 5) is 0.212. The van der Waals surface area contributed by atoms with Crippen LogP contribution in [-0.4, -0.2) is 52.4 Å². The lowest BCUT2D eigenvalue weighted by molar-refractivity contribution is 0.233. The molecular weight excluding hydrogens is 350 g/mol. The lowest BCUT2D eigenvalue weighted by Gasteiger charge is -2.37. The molecule has 0 bridgehead atoms. The van der Waals surface area contributed by atoms with Gasteiger partial charge in [0.05, 0.1) is 9.79 Å². The van der Waals surface area contributed by atoms with Crippen molar-refractivity contribution < 1.29 is 16.8 Å². The molecule has 0 aromatic heterocycles. The summed E-state index contributed by atoms with van der Waals surface area (Å²) >= 11 is 0. The van der Waals surface area contributed by atoms with Crippen molar-refractivity contribution in [2.45, 2.75) is 54.6 Å². The number of nitrogens with zero attached hydrogens (tertiary/aromatic N) is 1. The smallest absolute Gasteiger partial charge is 0.243 e. The van der Waals surface area contributed by atoms with Crippen LogP contribution in [0.25, 0.3) is 0 Å². The van der Waals surface area contributed by atoms with E-state index in [2.05, 4.69) is 10.0 Å². The van der Waals surface area contributed by atoms with Crippen LogP contribution in [0.3, 0.4) is 0 Å². The monoisotopic (exact) mass is 373 g/mol. The third-order valence-electron chi connectivity index (χ3n) is 4.62. The lowest BCUT2D eigenvalue weighted by atomic mass is 10.1. The van der Waals surface area contributed by atoms with Crippen LogP contribution >= 0.6 is 0 Å². The van der Waals surface area contributed by atoms with Crippen molar-refractivity contribution in [1.82, 2.24) is 14.3 Å². The zero-order valence-electron chi connectivity index (χ0n) is 13.8. The van der Waals surface area contributed by atoms with E-state index in [1.807, 2.05) is 13.8 Å². The standard InChI is InChI=1S/C15H23N3O4S2/c1-11-12(2)18(10-9-16-11)24(21,22)15-7-5-14(6-8-15)23(19,20)17-13-3-4-13/h5-8,11-13,16-17H,3-4,9-10H2,1-2H3. The normalized spacial score (nSPS) is 26.4. The molecule has 0 amide bonds. The van der Waals surface area contributed by atoms with E-state index >= 15 is 0 Å². The minimum absolute atomic E-state index is 0.0154. The Morgan fingerprint density at radius 2 is 1.62 bits per heavy atom. The largest absolute Gasteiger partial charge is 0.311 e. The fourth-order valence-electron chi connectivity index (χ4n) is 2.78. The van der Waals surface area contributed by atoms with E-state index in [1.54, 1.807) is 0 Å². The van der Waals surface area contributed by atoms with Crippen LogP contribution in [0.15, 0.2) is 34.1 Å². The highest BCUT2D eigenvalue weighted by Crippen LogP contribution is 2.25. The van der Waals surface area contributed by atoms with Crippen LogP contribution in [0, 0.1) is 0 Å². The zero-order chi connectivity index (χ0) is 17.5. The molecule has 1 saturated heterocycles. The molecule has 3 rings (SSSR count). The molecular formula is C15H23N3O4S2. The van der Waals surface area contributed by atoms with Crippen LogP contribution in [0.4, 0.5) is 0 Å². The summed E-state index contributed by atoms with van der Waals surface area (Å²) in [6.07, 6.45) is 1.70. The van der Waals surface area contributed by atoms with Gasteiger partial charge in [-0.2, -0.15) is 4.31 Å². The molecule has 1 aliphatic heterocycles. The summed E-state index contributed by atoms with van der Waals surface area (Å²) in [5, 5.41) is 3.24. The molecule has 2 N–H and O–H groups in total. The van der Waals surface area contributed by atoms with Crippen molar-refractivity contribution in [3.05, 3.63) is 24.3 Å². The number of benzene rings is 1. The minimum Gasteiger partial charge on any atom is -0.311 e. The SMILES string of the molecule is CC1NCCN(S(=O)(=O)c2ccc(S(=O)(=O)NC3CC3)cc2)C1C. The maximum Gasteiger partial charge on any atom is 0.243 e. The summed E-state index contributed by atoms with van der Waals surface area (Å²) in [5.41, 5.74) is 0. The molecule has 0 spiro atoms. The van der Waals surface area contributed by atoms with Gasteiger partial charge in [-0.1, -0.05) is 0 Å². The minimum atomic E-state index is -3.64. The average molecular weight is 374 g/mol. The van der Waals surface area contributed by atoms with Crippen LogP contribution in [-0.2, 0) is 20.0 Å². The van der Waals surface area contributed by atoms with Crippen molar-refractivity contribution in [3.8, 4) is 0 Å². The third kappa shape index (κ3) is 3.50. The molecule has 2 unspecified atom stereocenters. The molecule has 9 heteroatoms. The first-order chi connectivity index (χ1) is 11.2. The van der Waals surface area contributed by atoms with Gasteiger partial charge in [0.1, 0.15) is 0 Å². The highest BCUT2D eigenvalue weighted by molar-refractivity contribution is 7.89. The molecule has 24 heavy (non-hydrogen) atoms. The van der Waals surface area contributed by atoms with Crippen molar-refractivity contribution in [3.63, 3.8) is 0 Å². The Hall–Kier alpha value is -1.00. The van der Waals surface area contributed by atoms with Gasteiger partial charge in [0.2, 0.25) is 20.0 Å². The second kappa shape index (κ2) is 6.38. The molecule has 1 saturated carbocycles. The van der Waals surface area contributed by atoms with E-state index in [0.29, 0.717) is 13.1 Å². The van der Waals surface area contributed by atoms with Crippen LogP contribution < -0.4 is 10.0 Å². The fraction of sp³-hybridized carbons (Fsp3) is 0.600. The van der Waals surface area contributed by atoms with E-state index in [0.717, 1.165) is 12.8 Å². The Morgan fingerprint density at radius 1 is 1.04 bits per heavy atom. The highest BCUT2D eigenvalue weighted by Gasteiger charge is 2.34. The van der Waals surface area contributed by atoms with E-state index in [1.165, 1.54) is 28.6 Å². The highest BCUT2D eigenvalue weighted by atomic mass is 32.2. The molecule has 1 heterocycles. The topological polar surface area (TPSA) is 95.6 Å². The van der Waals surface area contributed by atoms with Crippen molar-refractivity contribution in [2.24, 2.45) is 0 Å². The first-order valence-corrected chi connectivity index (χ1v) is 11.0. The Labute approximate surface area is 143 Å². The van der Waals surface area contributed by atoms with Gasteiger partial charge in [0, 0.05) is 31.2 Å². The van der Waals surface area contributed by atoms with Gasteiger partial charge in [-0.3, -0.25) is 0 Å². The molecule has 134 valence electrons. The van der Waals surface area contributed by atoms with Crippen molar-refractivity contribution in [1.29, 1.82) is 0 Å². The third-order valence-corrected chi connectivity index (χ3v) is 8.15. The van der Waals surface area contributed by atoms with Crippen molar-refractivity contribution >= 4 is 20.0 Å². The molecule has 1 aromatic carbocycles. The molecule has 2 aliphatic rings. The zero-order valence-corrected chi connectivity index (χ0v) is 15.4. The first-order valence-electron chi connectivity index (χ1n) is 8.09. The number of piperazine rings is 1. The number of hydrogen-bond acceptors (Lipinski definition) is 5. The van der Waals surface area contributed by atoms with Crippen LogP contribution in [0.5, 0.6) is 0 Å². The summed E-state index contributed by atoms with van der Waals surface area (Å²) in [6.45, 7) is 4.82. The molecule has 2 fully saturated rings. The second-order valence-electron chi connectivity index (χ2n) is 6.47. The van der Waals surface area contributed by atoms with Crippen LogP contribution in [0.1, 0.15) is 26.7 Å². The van der Waals surface area contributed by atoms with Gasteiger partial charge in [-0.25, -0.2) is 21.6 Å². The van der Waals surface area contributed by atoms with Crippen molar-refractivity contribution in [2.75, 3.05) is 13.1 Å². The van der Waals surface area contributed by atoms with Gasteiger partial charge in [-0.05, 0) is 51.0 Å². The van der Waals surface area contributed by atoms with E-state index in [9.17, 15) is 16.8 Å². The average Bonchev–Trinajstić information content (AvgIpc) is 3.33. The Balaban J connectivity index is 1.84. The maximum absolute atomic E-state index is 12.8. The quantitative estimate of drug-likeness (QED) is 0.784. The molecule has 7 nitrogen and oxygen atoms in total. The Morgan fingerprint density at radius 3 is 2.21 bits per heavy atom. The van der Waals surface area contributed by atoms with Gasteiger partial charge in [0.25, 0.3) is 0 Å². The summed E-state index contributed by atoms with van der Waals surface area (Å²) in [7, 11) is -7.21.